The summed E-state index contributed by atoms with van der Waals surface area (Å²) in [6.45, 7) is 0.408. The summed E-state index contributed by atoms with van der Waals surface area (Å²) in [5.41, 5.74) is 2.11. The average Bonchev–Trinajstić information content (AvgIpc) is 2.81. The minimum atomic E-state index is -0.278. The predicted molar refractivity (Wildman–Crippen MR) is 79.3 cm³/mol. The number of carbonyl (C=O) groups excluding carboxylic acids is 1. The second-order valence-corrected chi connectivity index (χ2v) is 5.08. The molecule has 2 aromatic heterocycles. The van der Waals surface area contributed by atoms with E-state index in [1.165, 1.54) is 10.8 Å². The third-order valence-electron chi connectivity index (χ3n) is 3.73. The smallest absolute Gasteiger partial charge is 0.267 e. The first-order valence-corrected chi connectivity index (χ1v) is 6.74. The van der Waals surface area contributed by atoms with Gasteiger partial charge in [-0.3, -0.25) is 19.1 Å². The molecular weight excluding hydrogens is 282 g/mol. The van der Waals surface area contributed by atoms with Crippen molar-refractivity contribution in [1.82, 2.24) is 14.5 Å². The molecule has 1 aliphatic heterocycles. The maximum absolute atomic E-state index is 12.6. The van der Waals surface area contributed by atoms with Crippen molar-refractivity contribution in [3.8, 4) is 5.69 Å². The van der Waals surface area contributed by atoms with Gasteiger partial charge in [0.05, 0.1) is 28.8 Å². The molecule has 6 nitrogen and oxygen atoms in total. The highest BCUT2D eigenvalue weighted by molar-refractivity contribution is 6.13. The number of rotatable bonds is 2. The molecule has 0 amide bonds. The Bertz CT molecular complexity index is 992. The quantitative estimate of drug-likeness (QED) is 0.559. The van der Waals surface area contributed by atoms with E-state index in [1.54, 1.807) is 31.5 Å². The lowest BCUT2D eigenvalue weighted by molar-refractivity contribution is 0.103. The van der Waals surface area contributed by atoms with Crippen molar-refractivity contribution < 1.29 is 9.53 Å². The van der Waals surface area contributed by atoms with Gasteiger partial charge in [-0.15, -0.1) is 0 Å². The molecule has 0 fully saturated rings. The number of fused-ring (bicyclic) bond motifs is 4. The molecule has 0 bridgehead atoms. The van der Waals surface area contributed by atoms with Crippen LogP contribution in [-0.2, 0) is 11.3 Å². The minimum Gasteiger partial charge on any atom is -0.380 e. The minimum absolute atomic E-state index is 0.147. The first-order valence-electron chi connectivity index (χ1n) is 6.74. The second-order valence-electron chi connectivity index (χ2n) is 5.08. The Morgan fingerprint density at radius 2 is 2.09 bits per heavy atom. The zero-order valence-electron chi connectivity index (χ0n) is 11.7. The fourth-order valence-corrected chi connectivity index (χ4v) is 2.74. The van der Waals surface area contributed by atoms with Gasteiger partial charge < -0.3 is 4.74 Å². The number of carbonyl (C=O) groups is 1. The molecule has 0 spiro atoms. The van der Waals surface area contributed by atoms with Crippen LogP contribution in [-0.4, -0.2) is 27.4 Å². The molecule has 3 aromatic rings. The zero-order valence-corrected chi connectivity index (χ0v) is 11.7. The zero-order chi connectivity index (χ0) is 15.3. The topological polar surface area (TPSA) is 74.1 Å². The lowest BCUT2D eigenvalue weighted by Crippen LogP contribution is -2.21. The van der Waals surface area contributed by atoms with Crippen LogP contribution in [0.25, 0.3) is 16.6 Å². The monoisotopic (exact) mass is 293 g/mol. The Kier molecular flexibility index (Phi) is 2.67. The lowest BCUT2D eigenvalue weighted by atomic mass is 10.1. The molecule has 6 heteroatoms. The van der Waals surface area contributed by atoms with Crippen molar-refractivity contribution in [1.29, 1.82) is 0 Å². The standard InChI is InChI=1S/C16H11N3O3/c1-22-8-9-2-3-13-10(6-9)14(20)15-18-12-4-5-17-7-11(12)16(21)19(13)15/h2-7H,8H2,1H3. The molecule has 22 heavy (non-hydrogen) atoms. The maximum atomic E-state index is 12.6. The largest absolute Gasteiger partial charge is 0.380 e. The van der Waals surface area contributed by atoms with E-state index in [0.29, 0.717) is 28.8 Å². The molecule has 4 rings (SSSR count). The van der Waals surface area contributed by atoms with Crippen molar-refractivity contribution in [3.05, 3.63) is 64.0 Å². The number of hydrogen-bond acceptors (Lipinski definition) is 5. The molecule has 3 heterocycles. The van der Waals surface area contributed by atoms with Crippen LogP contribution < -0.4 is 5.56 Å². The molecular formula is C16H11N3O3. The Hall–Kier alpha value is -2.86. The molecule has 0 atom stereocenters. The van der Waals surface area contributed by atoms with E-state index in [2.05, 4.69) is 9.97 Å². The van der Waals surface area contributed by atoms with Gasteiger partial charge >= 0.3 is 0 Å². The highest BCUT2D eigenvalue weighted by Crippen LogP contribution is 2.27. The number of ether oxygens (including phenoxy) is 1. The van der Waals surface area contributed by atoms with Crippen LogP contribution in [0.15, 0.2) is 41.5 Å². The maximum Gasteiger partial charge on any atom is 0.267 e. The summed E-state index contributed by atoms with van der Waals surface area (Å²) >= 11 is 0. The predicted octanol–water partition coefficient (Wildman–Crippen LogP) is 1.47. The lowest BCUT2D eigenvalue weighted by Gasteiger charge is -2.06. The van der Waals surface area contributed by atoms with E-state index in [4.69, 9.17) is 4.74 Å². The van der Waals surface area contributed by atoms with E-state index < -0.39 is 0 Å². The number of nitrogens with zero attached hydrogens (tertiary/aromatic N) is 3. The number of benzene rings is 1. The summed E-state index contributed by atoms with van der Waals surface area (Å²) in [5, 5.41) is 0.396. The first-order chi connectivity index (χ1) is 10.7. The Balaban J connectivity index is 2.04. The number of hydrogen-bond donors (Lipinski definition) is 0. The van der Waals surface area contributed by atoms with Crippen molar-refractivity contribution in [3.63, 3.8) is 0 Å². The van der Waals surface area contributed by atoms with Crippen LogP contribution in [0.2, 0.25) is 0 Å². The molecule has 1 aliphatic rings. The van der Waals surface area contributed by atoms with Gasteiger partial charge in [-0.1, -0.05) is 6.07 Å². The normalized spacial score (nSPS) is 12.5. The van der Waals surface area contributed by atoms with Crippen molar-refractivity contribution in [2.45, 2.75) is 6.61 Å². The Morgan fingerprint density at radius 1 is 1.23 bits per heavy atom. The van der Waals surface area contributed by atoms with Crippen LogP contribution in [0.4, 0.5) is 0 Å². The SMILES string of the molecule is COCc1ccc2c(c1)C(=O)c1nc3ccncc3c(=O)n1-2. The van der Waals surface area contributed by atoms with E-state index >= 15 is 0 Å². The molecule has 0 radical (unpaired) electrons. The first kappa shape index (κ1) is 12.8. The molecule has 0 saturated carbocycles. The van der Waals surface area contributed by atoms with Crippen LogP contribution in [0.5, 0.6) is 0 Å². The second kappa shape index (κ2) is 4.57. The molecule has 0 N–H and O–H groups in total. The molecule has 0 unspecified atom stereocenters. The van der Waals surface area contributed by atoms with E-state index in [0.717, 1.165) is 5.56 Å². The fraction of sp³-hybridized carbons (Fsp3) is 0.125. The van der Waals surface area contributed by atoms with Crippen molar-refractivity contribution >= 4 is 16.7 Å². The van der Waals surface area contributed by atoms with Crippen LogP contribution in [0, 0.1) is 0 Å². The molecule has 0 aliphatic carbocycles. The van der Waals surface area contributed by atoms with Crippen molar-refractivity contribution in [2.24, 2.45) is 0 Å². The van der Waals surface area contributed by atoms with Gasteiger partial charge in [0.25, 0.3) is 5.56 Å². The molecule has 1 aromatic carbocycles. The fourth-order valence-electron chi connectivity index (χ4n) is 2.74. The van der Waals surface area contributed by atoms with Crippen LogP contribution >= 0.6 is 0 Å². The van der Waals surface area contributed by atoms with Gasteiger partial charge in [0, 0.05) is 19.5 Å². The average molecular weight is 293 g/mol. The van der Waals surface area contributed by atoms with Gasteiger partial charge in [0.1, 0.15) is 0 Å². The van der Waals surface area contributed by atoms with Crippen LogP contribution in [0.3, 0.4) is 0 Å². The highest BCUT2D eigenvalue weighted by atomic mass is 16.5. The summed E-state index contributed by atoms with van der Waals surface area (Å²) in [7, 11) is 1.59. The van der Waals surface area contributed by atoms with E-state index in [1.807, 2.05) is 6.07 Å². The summed E-state index contributed by atoms with van der Waals surface area (Å²) < 4.78 is 6.44. The van der Waals surface area contributed by atoms with Gasteiger partial charge in [0.15, 0.2) is 5.82 Å². The number of methoxy groups -OCH3 is 1. The molecule has 108 valence electrons. The Labute approximate surface area is 125 Å². The van der Waals surface area contributed by atoms with E-state index in [-0.39, 0.29) is 17.2 Å². The Morgan fingerprint density at radius 3 is 2.91 bits per heavy atom. The highest BCUT2D eigenvalue weighted by Gasteiger charge is 2.30. The summed E-state index contributed by atoms with van der Waals surface area (Å²) in [4.78, 5) is 33.5. The summed E-state index contributed by atoms with van der Waals surface area (Å²) in [6, 6.07) is 6.97. The number of pyridine rings is 1. The van der Waals surface area contributed by atoms with Gasteiger partial charge in [0.2, 0.25) is 5.78 Å². The van der Waals surface area contributed by atoms with Gasteiger partial charge in [-0.2, -0.15) is 0 Å². The van der Waals surface area contributed by atoms with E-state index in [9.17, 15) is 9.59 Å². The summed E-state index contributed by atoms with van der Waals surface area (Å²) in [5.74, 6) is -0.1000. The van der Waals surface area contributed by atoms with Gasteiger partial charge in [-0.05, 0) is 23.8 Å². The number of ketones is 1. The molecule has 0 saturated heterocycles. The third kappa shape index (κ3) is 1.64. The van der Waals surface area contributed by atoms with Crippen molar-refractivity contribution in [2.75, 3.05) is 7.11 Å². The third-order valence-corrected chi connectivity index (χ3v) is 3.73. The van der Waals surface area contributed by atoms with Gasteiger partial charge in [-0.25, -0.2) is 4.98 Å². The number of aromatic nitrogens is 3. The summed E-state index contributed by atoms with van der Waals surface area (Å²) in [6.07, 6.45) is 3.02. The van der Waals surface area contributed by atoms with Crippen LogP contribution in [0.1, 0.15) is 21.7 Å².